The van der Waals surface area contributed by atoms with Gasteiger partial charge in [0.15, 0.2) is 5.17 Å². The third-order valence-corrected chi connectivity index (χ3v) is 5.47. The Morgan fingerprint density at radius 3 is 2.56 bits per heavy atom. The largest absolute Gasteiger partial charge is 0.496 e. The minimum Gasteiger partial charge on any atom is -0.496 e. The number of benzene rings is 3. The SMILES string of the molecule is C=CCc1ccccc1OCc1cc(C=NN=C(N)SCc2ccccc2)ccc1OC. The molecule has 0 aromatic heterocycles. The molecule has 0 bridgehead atoms. The van der Waals surface area contributed by atoms with Gasteiger partial charge in [-0.15, -0.1) is 11.7 Å². The first-order chi connectivity index (χ1) is 15.7. The predicted molar refractivity (Wildman–Crippen MR) is 135 cm³/mol. The number of nitrogens with two attached hydrogens (primary N) is 1. The first kappa shape index (κ1) is 23.2. The van der Waals surface area contributed by atoms with Gasteiger partial charge in [0.2, 0.25) is 0 Å². The van der Waals surface area contributed by atoms with E-state index in [1.165, 1.54) is 17.3 Å². The summed E-state index contributed by atoms with van der Waals surface area (Å²) in [6.07, 6.45) is 4.29. The van der Waals surface area contributed by atoms with E-state index >= 15 is 0 Å². The Balaban J connectivity index is 1.64. The van der Waals surface area contributed by atoms with Crippen molar-refractivity contribution in [2.45, 2.75) is 18.8 Å². The summed E-state index contributed by atoms with van der Waals surface area (Å²) in [6.45, 7) is 4.18. The van der Waals surface area contributed by atoms with Gasteiger partial charge in [-0.3, -0.25) is 0 Å². The molecule has 0 aliphatic rings. The van der Waals surface area contributed by atoms with Crippen LogP contribution in [0.5, 0.6) is 11.5 Å². The molecule has 5 nitrogen and oxygen atoms in total. The lowest BCUT2D eigenvalue weighted by Gasteiger charge is -2.13. The summed E-state index contributed by atoms with van der Waals surface area (Å²) in [4.78, 5) is 0. The van der Waals surface area contributed by atoms with Gasteiger partial charge in [-0.2, -0.15) is 5.10 Å². The monoisotopic (exact) mass is 445 g/mol. The fraction of sp³-hybridized carbons (Fsp3) is 0.154. The maximum atomic E-state index is 6.07. The summed E-state index contributed by atoms with van der Waals surface area (Å²) in [5, 5.41) is 8.64. The van der Waals surface area contributed by atoms with Crippen LogP contribution in [0.15, 0.2) is 95.7 Å². The highest BCUT2D eigenvalue weighted by molar-refractivity contribution is 8.13. The van der Waals surface area contributed by atoms with Crippen molar-refractivity contribution < 1.29 is 9.47 Å². The zero-order valence-electron chi connectivity index (χ0n) is 18.1. The smallest absolute Gasteiger partial charge is 0.180 e. The summed E-state index contributed by atoms with van der Waals surface area (Å²) in [7, 11) is 1.65. The highest BCUT2D eigenvalue weighted by atomic mass is 32.2. The zero-order chi connectivity index (χ0) is 22.6. The van der Waals surface area contributed by atoms with Gasteiger partial charge >= 0.3 is 0 Å². The molecule has 0 heterocycles. The molecule has 0 aliphatic carbocycles. The maximum Gasteiger partial charge on any atom is 0.180 e. The van der Waals surface area contributed by atoms with Crippen LogP contribution in [0.4, 0.5) is 0 Å². The lowest BCUT2D eigenvalue weighted by Crippen LogP contribution is -2.06. The van der Waals surface area contributed by atoms with Crippen molar-refractivity contribution >= 4 is 23.1 Å². The first-order valence-corrected chi connectivity index (χ1v) is 11.2. The normalized spacial score (nSPS) is 11.5. The van der Waals surface area contributed by atoms with Crippen LogP contribution >= 0.6 is 11.8 Å². The minimum atomic E-state index is 0.372. The molecule has 0 spiro atoms. The van der Waals surface area contributed by atoms with E-state index in [0.29, 0.717) is 11.8 Å². The lowest BCUT2D eigenvalue weighted by molar-refractivity contribution is 0.294. The topological polar surface area (TPSA) is 69.2 Å². The van der Waals surface area contributed by atoms with Crippen molar-refractivity contribution in [3.63, 3.8) is 0 Å². The summed E-state index contributed by atoms with van der Waals surface area (Å²) >= 11 is 1.45. The van der Waals surface area contributed by atoms with Gasteiger partial charge in [-0.25, -0.2) is 0 Å². The minimum absolute atomic E-state index is 0.372. The number of thioether (sulfide) groups is 1. The molecular weight excluding hydrogens is 418 g/mol. The molecule has 2 N–H and O–H groups in total. The molecule has 0 amide bonds. The number of methoxy groups -OCH3 is 1. The Morgan fingerprint density at radius 2 is 1.78 bits per heavy atom. The number of hydrogen-bond acceptors (Lipinski definition) is 5. The van der Waals surface area contributed by atoms with Crippen LogP contribution in [-0.4, -0.2) is 18.5 Å². The van der Waals surface area contributed by atoms with Crippen LogP contribution in [0.3, 0.4) is 0 Å². The molecule has 0 radical (unpaired) electrons. The third kappa shape index (κ3) is 7.03. The molecule has 0 atom stereocenters. The van der Waals surface area contributed by atoms with E-state index in [1.54, 1.807) is 13.3 Å². The Labute approximate surface area is 193 Å². The standard InChI is InChI=1S/C26H27N3O2S/c1-3-9-22-12-7-8-13-25(22)31-18-23-16-21(14-15-24(23)30-2)17-28-29-26(27)32-19-20-10-5-4-6-11-20/h3-8,10-17H,1,9,18-19H2,2H3,(H2,27,29). The average Bonchev–Trinajstić information content (AvgIpc) is 2.83. The Bertz CT molecular complexity index is 1080. The second-order valence-corrected chi connectivity index (χ2v) is 7.91. The maximum absolute atomic E-state index is 6.07. The molecular formula is C26H27N3O2S. The van der Waals surface area contributed by atoms with Crippen molar-refractivity contribution in [2.24, 2.45) is 15.9 Å². The average molecular weight is 446 g/mol. The molecule has 3 aromatic rings. The van der Waals surface area contributed by atoms with Crippen LogP contribution < -0.4 is 15.2 Å². The van der Waals surface area contributed by atoms with Crippen molar-refractivity contribution in [1.82, 2.24) is 0 Å². The van der Waals surface area contributed by atoms with Crippen molar-refractivity contribution in [2.75, 3.05) is 7.11 Å². The number of ether oxygens (including phenoxy) is 2. The Kier molecular flexibility index (Phi) is 8.95. The van der Waals surface area contributed by atoms with Gasteiger partial charge in [0, 0.05) is 11.3 Å². The second-order valence-electron chi connectivity index (χ2n) is 6.92. The number of rotatable bonds is 10. The number of para-hydroxylation sites is 1. The molecule has 32 heavy (non-hydrogen) atoms. The molecule has 6 heteroatoms. The number of amidine groups is 1. The molecule has 0 saturated carbocycles. The van der Waals surface area contributed by atoms with Crippen LogP contribution in [0.2, 0.25) is 0 Å². The van der Waals surface area contributed by atoms with Crippen molar-refractivity contribution in [3.05, 3.63) is 108 Å². The van der Waals surface area contributed by atoms with Crippen LogP contribution in [0, 0.1) is 0 Å². The van der Waals surface area contributed by atoms with Gasteiger partial charge in [0.05, 0.1) is 13.3 Å². The summed E-state index contributed by atoms with van der Waals surface area (Å²) in [5.74, 6) is 2.34. The van der Waals surface area contributed by atoms with E-state index in [1.807, 2.05) is 66.7 Å². The lowest BCUT2D eigenvalue weighted by atomic mass is 10.1. The highest BCUT2D eigenvalue weighted by Crippen LogP contribution is 2.24. The molecule has 0 saturated heterocycles. The number of allylic oxidation sites excluding steroid dienone is 1. The van der Waals surface area contributed by atoms with E-state index in [0.717, 1.165) is 40.4 Å². The number of nitrogens with zero attached hydrogens (tertiary/aromatic N) is 2. The van der Waals surface area contributed by atoms with Gasteiger partial charge in [-0.05, 0) is 47.4 Å². The molecule has 0 unspecified atom stereocenters. The fourth-order valence-electron chi connectivity index (χ4n) is 3.03. The Morgan fingerprint density at radius 1 is 1.00 bits per heavy atom. The van der Waals surface area contributed by atoms with Gasteiger partial charge < -0.3 is 15.2 Å². The van der Waals surface area contributed by atoms with Gasteiger partial charge in [0.1, 0.15) is 18.1 Å². The predicted octanol–water partition coefficient (Wildman–Crippen LogP) is 5.58. The van der Waals surface area contributed by atoms with Gasteiger partial charge in [-0.1, -0.05) is 66.4 Å². The summed E-state index contributed by atoms with van der Waals surface area (Å²) in [6, 6.07) is 23.8. The molecule has 0 aliphatic heterocycles. The number of hydrogen-bond donors (Lipinski definition) is 1. The van der Waals surface area contributed by atoms with E-state index in [4.69, 9.17) is 15.2 Å². The summed E-state index contributed by atoms with van der Waals surface area (Å²) < 4.78 is 11.6. The van der Waals surface area contributed by atoms with Crippen molar-refractivity contribution in [3.8, 4) is 11.5 Å². The zero-order valence-corrected chi connectivity index (χ0v) is 18.9. The first-order valence-electron chi connectivity index (χ1n) is 10.2. The van der Waals surface area contributed by atoms with Gasteiger partial charge in [0.25, 0.3) is 0 Å². The molecule has 3 rings (SSSR count). The van der Waals surface area contributed by atoms with Crippen LogP contribution in [0.1, 0.15) is 22.3 Å². The second kappa shape index (κ2) is 12.4. The van der Waals surface area contributed by atoms with E-state index in [2.05, 4.69) is 28.9 Å². The van der Waals surface area contributed by atoms with Crippen LogP contribution in [-0.2, 0) is 18.8 Å². The molecule has 3 aromatic carbocycles. The summed E-state index contributed by atoms with van der Waals surface area (Å²) in [5.41, 5.74) is 10.0. The van der Waals surface area contributed by atoms with E-state index in [-0.39, 0.29) is 0 Å². The molecule has 164 valence electrons. The van der Waals surface area contributed by atoms with Crippen molar-refractivity contribution in [1.29, 1.82) is 0 Å². The quantitative estimate of drug-likeness (QED) is 0.191. The third-order valence-electron chi connectivity index (χ3n) is 4.62. The Hall–Kier alpha value is -3.51. The van der Waals surface area contributed by atoms with E-state index in [9.17, 15) is 0 Å². The fourth-order valence-corrected chi connectivity index (χ4v) is 3.64. The van der Waals surface area contributed by atoms with Crippen LogP contribution in [0.25, 0.3) is 0 Å². The van der Waals surface area contributed by atoms with E-state index < -0.39 is 0 Å². The molecule has 0 fully saturated rings. The highest BCUT2D eigenvalue weighted by Gasteiger charge is 2.07.